The molecule has 0 fully saturated rings. The molecule has 2 N–H and O–H groups in total. The van der Waals surface area contributed by atoms with E-state index >= 15 is 0 Å². The molecule has 92 valence electrons. The van der Waals surface area contributed by atoms with E-state index in [2.05, 4.69) is 10.0 Å². The second-order valence-electron chi connectivity index (χ2n) is 3.50. The van der Waals surface area contributed by atoms with E-state index in [1.54, 1.807) is 14.0 Å². The molecule has 15 heavy (non-hydrogen) atoms. The Labute approximate surface area is 92.6 Å². The van der Waals surface area contributed by atoms with Gasteiger partial charge in [-0.25, -0.2) is 13.1 Å². The van der Waals surface area contributed by atoms with Gasteiger partial charge in [0.05, 0.1) is 12.4 Å². The van der Waals surface area contributed by atoms with Crippen LogP contribution in [0.25, 0.3) is 0 Å². The summed E-state index contributed by atoms with van der Waals surface area (Å²) in [4.78, 5) is 0. The fourth-order valence-corrected chi connectivity index (χ4v) is 2.54. The summed E-state index contributed by atoms with van der Waals surface area (Å²) in [6, 6.07) is -0.167. The topological polar surface area (TPSA) is 67.4 Å². The van der Waals surface area contributed by atoms with E-state index in [0.717, 1.165) is 13.1 Å². The molecule has 0 saturated carbocycles. The molecule has 5 nitrogen and oxygen atoms in total. The van der Waals surface area contributed by atoms with Crippen LogP contribution < -0.4 is 10.0 Å². The zero-order valence-electron chi connectivity index (χ0n) is 9.75. The first kappa shape index (κ1) is 14.8. The van der Waals surface area contributed by atoms with Crippen LogP contribution in [-0.4, -0.2) is 47.0 Å². The zero-order chi connectivity index (χ0) is 11.7. The molecular weight excluding hydrogens is 216 g/mol. The Bertz CT molecular complexity index is 242. The van der Waals surface area contributed by atoms with E-state index in [0.29, 0.717) is 13.0 Å². The van der Waals surface area contributed by atoms with Crippen molar-refractivity contribution < 1.29 is 13.2 Å². The molecule has 0 spiro atoms. The Balaban J connectivity index is 3.76. The van der Waals surface area contributed by atoms with Crippen molar-refractivity contribution >= 4 is 10.0 Å². The van der Waals surface area contributed by atoms with Gasteiger partial charge in [0.2, 0.25) is 10.0 Å². The van der Waals surface area contributed by atoms with Gasteiger partial charge in [0.15, 0.2) is 0 Å². The number of hydrogen-bond acceptors (Lipinski definition) is 4. The van der Waals surface area contributed by atoms with E-state index in [4.69, 9.17) is 4.74 Å². The molecule has 0 aliphatic carbocycles. The number of ether oxygens (including phenoxy) is 1. The summed E-state index contributed by atoms with van der Waals surface area (Å²) in [7, 11) is -1.60. The summed E-state index contributed by atoms with van der Waals surface area (Å²) in [6.07, 6.45) is 0.628. The van der Waals surface area contributed by atoms with Crippen molar-refractivity contribution in [1.82, 2.24) is 10.0 Å². The minimum atomic E-state index is -3.15. The lowest BCUT2D eigenvalue weighted by Crippen LogP contribution is -2.37. The molecule has 0 bridgehead atoms. The lowest BCUT2D eigenvalue weighted by atomic mass is 10.4. The van der Waals surface area contributed by atoms with Gasteiger partial charge in [0.25, 0.3) is 0 Å². The van der Waals surface area contributed by atoms with Crippen molar-refractivity contribution in [2.45, 2.75) is 26.3 Å². The van der Waals surface area contributed by atoms with Crippen LogP contribution in [0.3, 0.4) is 0 Å². The fourth-order valence-electron chi connectivity index (χ4n) is 1.21. The molecule has 6 heteroatoms. The van der Waals surface area contributed by atoms with Crippen LogP contribution in [0.5, 0.6) is 0 Å². The van der Waals surface area contributed by atoms with Crippen LogP contribution >= 0.6 is 0 Å². The fraction of sp³-hybridized carbons (Fsp3) is 1.00. The Morgan fingerprint density at radius 1 is 1.40 bits per heavy atom. The number of sulfonamides is 1. The highest BCUT2D eigenvalue weighted by atomic mass is 32.2. The zero-order valence-corrected chi connectivity index (χ0v) is 10.6. The summed E-state index contributed by atoms with van der Waals surface area (Å²) in [5, 5.41) is 3.08. The van der Waals surface area contributed by atoms with Gasteiger partial charge in [-0.15, -0.1) is 0 Å². The Kier molecular flexibility index (Phi) is 7.95. The monoisotopic (exact) mass is 238 g/mol. The number of rotatable bonds is 9. The molecular formula is C9H22N2O3S. The first-order chi connectivity index (χ1) is 7.02. The molecule has 0 aliphatic rings. The number of methoxy groups -OCH3 is 1. The van der Waals surface area contributed by atoms with Crippen molar-refractivity contribution in [2.24, 2.45) is 0 Å². The minimum absolute atomic E-state index is 0.161. The van der Waals surface area contributed by atoms with Crippen LogP contribution in [0, 0.1) is 0 Å². The quantitative estimate of drug-likeness (QED) is 0.552. The average Bonchev–Trinajstić information content (AvgIpc) is 2.12. The molecule has 1 unspecified atom stereocenters. The van der Waals surface area contributed by atoms with Gasteiger partial charge in [-0.3, -0.25) is 0 Å². The third-order valence-corrected chi connectivity index (χ3v) is 3.40. The normalized spacial score (nSPS) is 14.1. The summed E-state index contributed by atoms with van der Waals surface area (Å²) >= 11 is 0. The smallest absolute Gasteiger partial charge is 0.211 e. The predicted molar refractivity (Wildman–Crippen MR) is 61.4 cm³/mol. The lowest BCUT2D eigenvalue weighted by molar-refractivity contribution is 0.180. The predicted octanol–water partition coefficient (Wildman–Crippen LogP) is -0.0597. The second kappa shape index (κ2) is 8.04. The van der Waals surface area contributed by atoms with Gasteiger partial charge in [-0.05, 0) is 26.4 Å². The molecule has 0 saturated heterocycles. The first-order valence-corrected chi connectivity index (χ1v) is 6.86. The maximum atomic E-state index is 11.5. The van der Waals surface area contributed by atoms with Crippen molar-refractivity contribution in [1.29, 1.82) is 0 Å². The summed E-state index contributed by atoms with van der Waals surface area (Å²) < 4.78 is 30.4. The summed E-state index contributed by atoms with van der Waals surface area (Å²) in [5.74, 6) is 0.161. The molecule has 0 aromatic rings. The third kappa shape index (κ3) is 8.80. The van der Waals surface area contributed by atoms with Crippen LogP contribution in [0.15, 0.2) is 0 Å². The van der Waals surface area contributed by atoms with Crippen molar-refractivity contribution in [3.63, 3.8) is 0 Å². The maximum Gasteiger partial charge on any atom is 0.211 e. The van der Waals surface area contributed by atoms with Gasteiger partial charge in [0, 0.05) is 13.2 Å². The Morgan fingerprint density at radius 2 is 2.07 bits per heavy atom. The average molecular weight is 238 g/mol. The van der Waals surface area contributed by atoms with Crippen molar-refractivity contribution in [2.75, 3.05) is 32.6 Å². The maximum absolute atomic E-state index is 11.5. The molecule has 0 rings (SSSR count). The Hall–Kier alpha value is -0.170. The lowest BCUT2D eigenvalue weighted by Gasteiger charge is -2.13. The van der Waals surface area contributed by atoms with Crippen LogP contribution in [0.4, 0.5) is 0 Å². The molecule has 0 aromatic carbocycles. The molecule has 0 amide bonds. The van der Waals surface area contributed by atoms with Gasteiger partial charge in [0.1, 0.15) is 0 Å². The van der Waals surface area contributed by atoms with Gasteiger partial charge in [-0.2, -0.15) is 0 Å². The largest absolute Gasteiger partial charge is 0.383 e. The van der Waals surface area contributed by atoms with Gasteiger partial charge in [-0.1, -0.05) is 6.92 Å². The first-order valence-electron chi connectivity index (χ1n) is 5.21. The van der Waals surface area contributed by atoms with Crippen LogP contribution in [-0.2, 0) is 14.8 Å². The van der Waals surface area contributed by atoms with E-state index in [1.165, 1.54) is 0 Å². The summed E-state index contributed by atoms with van der Waals surface area (Å²) in [6.45, 7) is 5.77. The summed E-state index contributed by atoms with van der Waals surface area (Å²) in [5.41, 5.74) is 0. The molecule has 0 heterocycles. The SMILES string of the molecule is CCNCCCS(=O)(=O)NC(C)COC. The highest BCUT2D eigenvalue weighted by Crippen LogP contribution is 1.92. The van der Waals surface area contributed by atoms with Crippen LogP contribution in [0.2, 0.25) is 0 Å². The minimum Gasteiger partial charge on any atom is -0.383 e. The van der Waals surface area contributed by atoms with Gasteiger partial charge >= 0.3 is 0 Å². The van der Waals surface area contributed by atoms with Crippen molar-refractivity contribution in [3.05, 3.63) is 0 Å². The molecule has 1 atom stereocenters. The van der Waals surface area contributed by atoms with E-state index in [9.17, 15) is 8.42 Å². The van der Waals surface area contributed by atoms with E-state index < -0.39 is 10.0 Å². The van der Waals surface area contributed by atoms with Gasteiger partial charge < -0.3 is 10.1 Å². The second-order valence-corrected chi connectivity index (χ2v) is 5.37. The number of nitrogens with one attached hydrogen (secondary N) is 2. The molecule has 0 aliphatic heterocycles. The van der Waals surface area contributed by atoms with E-state index in [1.807, 2.05) is 6.92 Å². The molecule has 0 radical (unpaired) electrons. The van der Waals surface area contributed by atoms with Crippen LogP contribution in [0.1, 0.15) is 20.3 Å². The molecule has 0 aromatic heterocycles. The highest BCUT2D eigenvalue weighted by molar-refractivity contribution is 7.89. The van der Waals surface area contributed by atoms with E-state index in [-0.39, 0.29) is 11.8 Å². The Morgan fingerprint density at radius 3 is 2.60 bits per heavy atom. The standard InChI is InChI=1S/C9H22N2O3S/c1-4-10-6-5-7-15(12,13)11-9(2)8-14-3/h9-11H,4-8H2,1-3H3. The highest BCUT2D eigenvalue weighted by Gasteiger charge is 2.13. The third-order valence-electron chi connectivity index (χ3n) is 1.81. The number of hydrogen-bond donors (Lipinski definition) is 2. The van der Waals surface area contributed by atoms with Crippen molar-refractivity contribution in [3.8, 4) is 0 Å².